The molecule has 1 saturated heterocycles. The van der Waals surface area contributed by atoms with Crippen molar-refractivity contribution in [2.75, 3.05) is 13.1 Å². The van der Waals surface area contributed by atoms with Crippen LogP contribution >= 0.6 is 23.2 Å². The van der Waals surface area contributed by atoms with Crippen LogP contribution in [-0.2, 0) is 21.5 Å². The Morgan fingerprint density at radius 1 is 1.14 bits per heavy atom. The molecule has 0 radical (unpaired) electrons. The molecule has 1 heterocycles. The van der Waals surface area contributed by atoms with E-state index in [0.717, 1.165) is 10.5 Å². The molecular weight excluding hydrogens is 413 g/mol. The summed E-state index contributed by atoms with van der Waals surface area (Å²) in [7, 11) is 0. The number of carbonyl (C=O) groups excluding carboxylic acids is 3. The third-order valence-electron chi connectivity index (χ3n) is 5.01. The molecule has 0 saturated carbocycles. The second kappa shape index (κ2) is 8.84. The zero-order chi connectivity index (χ0) is 21.0. The van der Waals surface area contributed by atoms with Gasteiger partial charge in [0.1, 0.15) is 12.1 Å². The van der Waals surface area contributed by atoms with Gasteiger partial charge in [0.05, 0.1) is 0 Å². The molecule has 29 heavy (non-hydrogen) atoms. The van der Waals surface area contributed by atoms with Crippen LogP contribution in [0.2, 0.25) is 10.0 Å². The van der Waals surface area contributed by atoms with E-state index in [9.17, 15) is 14.4 Å². The fourth-order valence-electron chi connectivity index (χ4n) is 3.39. The number of nitrogens with zero attached hydrogens (tertiary/aromatic N) is 1. The molecule has 2 aromatic rings. The van der Waals surface area contributed by atoms with E-state index >= 15 is 0 Å². The lowest BCUT2D eigenvalue weighted by molar-refractivity contribution is -0.135. The number of imide groups is 1. The predicted molar refractivity (Wildman–Crippen MR) is 112 cm³/mol. The van der Waals surface area contributed by atoms with Crippen LogP contribution in [0.3, 0.4) is 0 Å². The minimum absolute atomic E-state index is 0.321. The van der Waals surface area contributed by atoms with Gasteiger partial charge in [-0.15, -0.1) is 0 Å². The predicted octanol–water partition coefficient (Wildman–Crippen LogP) is 3.51. The van der Waals surface area contributed by atoms with E-state index in [-0.39, 0.29) is 6.54 Å². The van der Waals surface area contributed by atoms with Crippen molar-refractivity contribution in [3.63, 3.8) is 0 Å². The number of halogens is 2. The van der Waals surface area contributed by atoms with Crippen molar-refractivity contribution in [3.8, 4) is 0 Å². The molecule has 2 aromatic carbocycles. The van der Waals surface area contributed by atoms with Crippen molar-refractivity contribution in [1.29, 1.82) is 0 Å². The first-order chi connectivity index (χ1) is 13.9. The van der Waals surface area contributed by atoms with Crippen LogP contribution in [0.25, 0.3) is 0 Å². The van der Waals surface area contributed by atoms with E-state index < -0.39 is 23.4 Å². The van der Waals surface area contributed by atoms with Crippen molar-refractivity contribution < 1.29 is 14.4 Å². The number of hydrogen-bond donors (Lipinski definition) is 2. The van der Waals surface area contributed by atoms with Gasteiger partial charge >= 0.3 is 6.03 Å². The Kier molecular flexibility index (Phi) is 6.45. The molecule has 2 N–H and O–H groups in total. The Morgan fingerprint density at radius 2 is 1.86 bits per heavy atom. The highest BCUT2D eigenvalue weighted by Gasteiger charge is 2.51. The van der Waals surface area contributed by atoms with E-state index in [1.807, 2.05) is 25.1 Å². The lowest BCUT2D eigenvalue weighted by Gasteiger charge is -2.25. The van der Waals surface area contributed by atoms with Gasteiger partial charge in [0.25, 0.3) is 5.91 Å². The lowest BCUT2D eigenvalue weighted by atomic mass is 9.87. The summed E-state index contributed by atoms with van der Waals surface area (Å²) >= 11 is 12.0. The molecular formula is C21H21Cl2N3O3. The first-order valence-corrected chi connectivity index (χ1v) is 10.0. The maximum absolute atomic E-state index is 13.0. The van der Waals surface area contributed by atoms with Gasteiger partial charge in [0.2, 0.25) is 5.91 Å². The van der Waals surface area contributed by atoms with Crippen LogP contribution in [0.15, 0.2) is 48.5 Å². The average molecular weight is 434 g/mol. The van der Waals surface area contributed by atoms with Crippen LogP contribution in [-0.4, -0.2) is 35.8 Å². The summed E-state index contributed by atoms with van der Waals surface area (Å²) in [6, 6.07) is 13.6. The summed E-state index contributed by atoms with van der Waals surface area (Å²) in [5.41, 5.74) is 0.400. The molecule has 1 aliphatic heterocycles. The smallest absolute Gasteiger partial charge is 0.325 e. The van der Waals surface area contributed by atoms with Crippen molar-refractivity contribution in [2.24, 2.45) is 0 Å². The fourth-order valence-corrected chi connectivity index (χ4v) is 3.90. The number of benzene rings is 2. The van der Waals surface area contributed by atoms with E-state index in [2.05, 4.69) is 10.6 Å². The Labute approximate surface area is 179 Å². The molecule has 0 spiro atoms. The third-order valence-corrected chi connectivity index (χ3v) is 5.59. The summed E-state index contributed by atoms with van der Waals surface area (Å²) in [4.78, 5) is 38.7. The van der Waals surface area contributed by atoms with Crippen molar-refractivity contribution in [1.82, 2.24) is 15.5 Å². The molecule has 6 nitrogen and oxygen atoms in total. The monoisotopic (exact) mass is 433 g/mol. The molecule has 8 heteroatoms. The lowest BCUT2D eigenvalue weighted by Crippen LogP contribution is -2.45. The van der Waals surface area contributed by atoms with E-state index in [0.29, 0.717) is 35.0 Å². The summed E-state index contributed by atoms with van der Waals surface area (Å²) in [5, 5.41) is 6.55. The molecule has 152 valence electrons. The maximum Gasteiger partial charge on any atom is 0.325 e. The first-order valence-electron chi connectivity index (χ1n) is 9.27. The van der Waals surface area contributed by atoms with Gasteiger partial charge < -0.3 is 10.6 Å². The highest BCUT2D eigenvalue weighted by molar-refractivity contribution is 6.35. The van der Waals surface area contributed by atoms with Gasteiger partial charge in [-0.1, -0.05) is 66.5 Å². The minimum atomic E-state index is -1.14. The van der Waals surface area contributed by atoms with Gasteiger partial charge in [-0.3, -0.25) is 14.5 Å². The number of carbonyl (C=O) groups is 3. The van der Waals surface area contributed by atoms with Crippen molar-refractivity contribution in [2.45, 2.75) is 25.3 Å². The number of rotatable bonds is 7. The third kappa shape index (κ3) is 4.38. The molecule has 1 atom stereocenters. The summed E-state index contributed by atoms with van der Waals surface area (Å²) in [6.07, 6.45) is 0.888. The number of nitrogens with one attached hydrogen (secondary N) is 2. The summed E-state index contributed by atoms with van der Waals surface area (Å²) in [5.74, 6) is -0.842. The Hall–Kier alpha value is -2.57. The highest BCUT2D eigenvalue weighted by Crippen LogP contribution is 2.32. The van der Waals surface area contributed by atoms with E-state index in [4.69, 9.17) is 23.2 Å². The maximum atomic E-state index is 13.0. The van der Waals surface area contributed by atoms with Gasteiger partial charge in [-0.2, -0.15) is 0 Å². The van der Waals surface area contributed by atoms with Crippen LogP contribution in [0.5, 0.6) is 0 Å². The van der Waals surface area contributed by atoms with Crippen molar-refractivity contribution >= 4 is 41.0 Å². The minimum Gasteiger partial charge on any atom is -0.354 e. The van der Waals surface area contributed by atoms with Gasteiger partial charge in [-0.05, 0) is 36.1 Å². The second-order valence-corrected chi connectivity index (χ2v) is 7.63. The molecule has 0 unspecified atom stereocenters. The van der Waals surface area contributed by atoms with Gasteiger partial charge in [0, 0.05) is 16.6 Å². The van der Waals surface area contributed by atoms with Crippen LogP contribution < -0.4 is 10.6 Å². The molecule has 0 aliphatic carbocycles. The topological polar surface area (TPSA) is 78.5 Å². The van der Waals surface area contributed by atoms with Gasteiger partial charge in [0.15, 0.2) is 0 Å². The molecule has 3 rings (SSSR count). The van der Waals surface area contributed by atoms with E-state index in [1.165, 1.54) is 0 Å². The Bertz CT molecular complexity index is 936. The average Bonchev–Trinajstić information content (AvgIpc) is 2.95. The van der Waals surface area contributed by atoms with Crippen LogP contribution in [0, 0.1) is 0 Å². The molecule has 0 bridgehead atoms. The number of amides is 4. The second-order valence-electron chi connectivity index (χ2n) is 6.78. The molecule has 0 aromatic heterocycles. The van der Waals surface area contributed by atoms with Crippen molar-refractivity contribution in [3.05, 3.63) is 69.7 Å². The standard InChI is InChI=1S/C21H21Cl2N3O3/c1-2-21(15-6-4-3-5-7-15)19(28)26(20(29)25-21)13-18(27)24-11-10-14-8-9-16(22)12-17(14)23/h3-9,12H,2,10-11,13H2,1H3,(H,24,27)(H,25,29)/t21-/m1/s1. The summed E-state index contributed by atoms with van der Waals surface area (Å²) in [6.45, 7) is 1.81. The Balaban J connectivity index is 1.61. The molecule has 1 fully saturated rings. The normalized spacial score (nSPS) is 18.7. The number of urea groups is 1. The highest BCUT2D eigenvalue weighted by atomic mass is 35.5. The molecule has 1 aliphatic rings. The van der Waals surface area contributed by atoms with Crippen LogP contribution in [0.1, 0.15) is 24.5 Å². The largest absolute Gasteiger partial charge is 0.354 e. The Morgan fingerprint density at radius 3 is 2.52 bits per heavy atom. The first kappa shape index (κ1) is 21.1. The quantitative estimate of drug-likeness (QED) is 0.655. The van der Waals surface area contributed by atoms with Gasteiger partial charge in [-0.25, -0.2) is 4.79 Å². The van der Waals surface area contributed by atoms with E-state index in [1.54, 1.807) is 30.3 Å². The zero-order valence-electron chi connectivity index (χ0n) is 15.9. The molecule has 4 amide bonds. The van der Waals surface area contributed by atoms with Crippen LogP contribution in [0.4, 0.5) is 4.79 Å². The summed E-state index contributed by atoms with van der Waals surface area (Å²) < 4.78 is 0. The number of hydrogen-bond acceptors (Lipinski definition) is 3. The SMILES string of the molecule is CC[C@]1(c2ccccc2)NC(=O)N(CC(=O)NCCc2ccc(Cl)cc2Cl)C1=O. The fraction of sp³-hybridized carbons (Fsp3) is 0.286. The zero-order valence-corrected chi connectivity index (χ0v) is 17.4.